The van der Waals surface area contributed by atoms with Crippen molar-refractivity contribution < 1.29 is 14.4 Å². The van der Waals surface area contributed by atoms with Crippen LogP contribution in [0.5, 0.6) is 11.5 Å². The van der Waals surface area contributed by atoms with E-state index in [1.807, 2.05) is 13.8 Å². The molecule has 0 atom stereocenters. The molecule has 0 unspecified atom stereocenters. The molecule has 0 aliphatic rings. The fourth-order valence-electron chi connectivity index (χ4n) is 1.79. The van der Waals surface area contributed by atoms with E-state index in [0.29, 0.717) is 30.2 Å². The third-order valence-corrected chi connectivity index (χ3v) is 2.77. The van der Waals surface area contributed by atoms with E-state index in [-0.39, 0.29) is 5.69 Å². The first-order chi connectivity index (χ1) is 9.63. The van der Waals surface area contributed by atoms with Crippen LogP contribution in [0.2, 0.25) is 0 Å². The molecule has 20 heavy (non-hydrogen) atoms. The van der Waals surface area contributed by atoms with Crippen LogP contribution in [0.25, 0.3) is 0 Å². The first-order valence-corrected chi connectivity index (χ1v) is 6.82. The topological polar surface area (TPSA) is 73.6 Å². The van der Waals surface area contributed by atoms with E-state index >= 15 is 0 Å². The molecule has 0 amide bonds. The number of hydrogen-bond donors (Lipinski definition) is 1. The maximum Gasteiger partial charge on any atom is 0.277 e. The average Bonchev–Trinajstić information content (AvgIpc) is 2.44. The fraction of sp³-hybridized carbons (Fsp3) is 0.571. The van der Waals surface area contributed by atoms with Gasteiger partial charge in [-0.15, -0.1) is 0 Å². The lowest BCUT2D eigenvalue weighted by Gasteiger charge is -2.12. The number of ether oxygens (including phenoxy) is 2. The minimum absolute atomic E-state index is 0.0503. The lowest BCUT2D eigenvalue weighted by Crippen LogP contribution is -2.15. The molecule has 0 aromatic heterocycles. The van der Waals surface area contributed by atoms with Crippen molar-refractivity contribution in [2.75, 3.05) is 20.3 Å². The number of rotatable bonds is 9. The zero-order valence-electron chi connectivity index (χ0n) is 12.3. The van der Waals surface area contributed by atoms with Crippen molar-refractivity contribution in [3.63, 3.8) is 0 Å². The highest BCUT2D eigenvalue weighted by atomic mass is 16.6. The monoisotopic (exact) mass is 282 g/mol. The van der Waals surface area contributed by atoms with E-state index in [4.69, 9.17) is 9.47 Å². The van der Waals surface area contributed by atoms with Crippen molar-refractivity contribution in [3.05, 3.63) is 27.8 Å². The summed E-state index contributed by atoms with van der Waals surface area (Å²) in [5.74, 6) is 0.942. The summed E-state index contributed by atoms with van der Waals surface area (Å²) in [5, 5.41) is 14.3. The second kappa shape index (κ2) is 8.37. The lowest BCUT2D eigenvalue weighted by atomic mass is 10.1. The standard InChI is InChI=1S/C14H22N2O4/c1-4-6-15-10-11-8-14(20-7-5-2)13(19-3)9-12(11)16(17)18/h8-9,15H,4-7,10H2,1-3H3. The number of nitro groups is 1. The smallest absolute Gasteiger partial charge is 0.277 e. The summed E-state index contributed by atoms with van der Waals surface area (Å²) >= 11 is 0. The Bertz CT molecular complexity index is 449. The summed E-state index contributed by atoms with van der Waals surface area (Å²) in [6.07, 6.45) is 1.84. The Labute approximate surface area is 119 Å². The van der Waals surface area contributed by atoms with E-state index in [9.17, 15) is 10.1 Å². The molecular weight excluding hydrogens is 260 g/mol. The van der Waals surface area contributed by atoms with Gasteiger partial charge in [-0.3, -0.25) is 10.1 Å². The third-order valence-electron chi connectivity index (χ3n) is 2.77. The molecule has 0 radical (unpaired) electrons. The Morgan fingerprint density at radius 1 is 1.25 bits per heavy atom. The summed E-state index contributed by atoms with van der Waals surface area (Å²) < 4.78 is 10.7. The minimum Gasteiger partial charge on any atom is -0.493 e. The molecule has 6 nitrogen and oxygen atoms in total. The molecule has 0 saturated carbocycles. The Morgan fingerprint density at radius 2 is 2.00 bits per heavy atom. The number of hydrogen-bond acceptors (Lipinski definition) is 5. The Morgan fingerprint density at radius 3 is 2.55 bits per heavy atom. The molecule has 1 N–H and O–H groups in total. The van der Waals surface area contributed by atoms with Gasteiger partial charge in [0.2, 0.25) is 0 Å². The number of nitrogens with zero attached hydrogens (tertiary/aromatic N) is 1. The van der Waals surface area contributed by atoms with E-state index < -0.39 is 4.92 Å². The van der Waals surface area contributed by atoms with E-state index in [2.05, 4.69) is 5.32 Å². The van der Waals surface area contributed by atoms with Crippen molar-refractivity contribution in [3.8, 4) is 11.5 Å². The van der Waals surface area contributed by atoms with Gasteiger partial charge in [0.25, 0.3) is 5.69 Å². The van der Waals surface area contributed by atoms with Gasteiger partial charge in [-0.05, 0) is 25.5 Å². The van der Waals surface area contributed by atoms with Crippen molar-refractivity contribution >= 4 is 5.69 Å². The molecule has 0 aliphatic carbocycles. The number of methoxy groups -OCH3 is 1. The van der Waals surface area contributed by atoms with Crippen molar-refractivity contribution in [1.29, 1.82) is 0 Å². The quantitative estimate of drug-likeness (QED) is 0.428. The highest BCUT2D eigenvalue weighted by Gasteiger charge is 2.19. The van der Waals surface area contributed by atoms with E-state index in [1.165, 1.54) is 13.2 Å². The highest BCUT2D eigenvalue weighted by molar-refractivity contribution is 5.54. The van der Waals surface area contributed by atoms with Gasteiger partial charge in [-0.2, -0.15) is 0 Å². The van der Waals surface area contributed by atoms with Gasteiger partial charge in [-0.25, -0.2) is 0 Å². The highest BCUT2D eigenvalue weighted by Crippen LogP contribution is 2.34. The first kappa shape index (κ1) is 16.2. The van der Waals surface area contributed by atoms with Crippen LogP contribution >= 0.6 is 0 Å². The molecule has 1 aromatic carbocycles. The molecule has 0 aliphatic heterocycles. The number of nitro benzene ring substituents is 1. The molecule has 0 spiro atoms. The molecule has 112 valence electrons. The second-order valence-corrected chi connectivity index (χ2v) is 4.41. The Balaban J connectivity index is 3.06. The van der Waals surface area contributed by atoms with E-state index in [1.54, 1.807) is 6.07 Å². The van der Waals surface area contributed by atoms with Crippen molar-refractivity contribution in [2.45, 2.75) is 33.2 Å². The lowest BCUT2D eigenvalue weighted by molar-refractivity contribution is -0.385. The van der Waals surface area contributed by atoms with Gasteiger partial charge >= 0.3 is 0 Å². The van der Waals surface area contributed by atoms with Gasteiger partial charge in [0, 0.05) is 12.1 Å². The second-order valence-electron chi connectivity index (χ2n) is 4.41. The summed E-state index contributed by atoms with van der Waals surface area (Å²) in [6, 6.07) is 3.11. The van der Waals surface area contributed by atoms with Crippen LogP contribution in [0.3, 0.4) is 0 Å². The minimum atomic E-state index is -0.394. The van der Waals surface area contributed by atoms with Gasteiger partial charge in [-0.1, -0.05) is 13.8 Å². The van der Waals surface area contributed by atoms with Crippen molar-refractivity contribution in [1.82, 2.24) is 5.32 Å². The fourth-order valence-corrected chi connectivity index (χ4v) is 1.79. The van der Waals surface area contributed by atoms with Gasteiger partial charge in [0.1, 0.15) is 0 Å². The molecular formula is C14H22N2O4. The number of benzene rings is 1. The molecule has 1 rings (SSSR count). The summed E-state index contributed by atoms with van der Waals surface area (Å²) in [6.45, 7) is 5.85. The number of nitrogens with one attached hydrogen (secondary N) is 1. The maximum atomic E-state index is 11.1. The van der Waals surface area contributed by atoms with Gasteiger partial charge in [0.15, 0.2) is 11.5 Å². The largest absolute Gasteiger partial charge is 0.493 e. The van der Waals surface area contributed by atoms with Crippen LogP contribution in [0, 0.1) is 10.1 Å². The van der Waals surface area contributed by atoms with Crippen LogP contribution in [0.4, 0.5) is 5.69 Å². The molecule has 0 heterocycles. The molecule has 6 heteroatoms. The first-order valence-electron chi connectivity index (χ1n) is 6.82. The van der Waals surface area contributed by atoms with Gasteiger partial charge in [0.05, 0.1) is 24.7 Å². The average molecular weight is 282 g/mol. The zero-order chi connectivity index (χ0) is 15.0. The molecule has 0 saturated heterocycles. The third kappa shape index (κ3) is 4.38. The predicted octanol–water partition coefficient (Wildman–Crippen LogP) is 2.89. The van der Waals surface area contributed by atoms with Crippen LogP contribution in [0.1, 0.15) is 32.3 Å². The van der Waals surface area contributed by atoms with Crippen LogP contribution in [-0.4, -0.2) is 25.2 Å². The van der Waals surface area contributed by atoms with E-state index in [0.717, 1.165) is 19.4 Å². The van der Waals surface area contributed by atoms with Crippen LogP contribution in [0.15, 0.2) is 12.1 Å². The zero-order valence-corrected chi connectivity index (χ0v) is 12.3. The SMILES string of the molecule is CCCNCc1cc(OCCC)c(OC)cc1[N+](=O)[O-]. The van der Waals surface area contributed by atoms with Crippen LogP contribution < -0.4 is 14.8 Å². The van der Waals surface area contributed by atoms with Crippen LogP contribution in [-0.2, 0) is 6.54 Å². The van der Waals surface area contributed by atoms with Gasteiger partial charge < -0.3 is 14.8 Å². The summed E-state index contributed by atoms with van der Waals surface area (Å²) in [5.41, 5.74) is 0.657. The molecule has 0 bridgehead atoms. The molecule has 0 fully saturated rings. The van der Waals surface area contributed by atoms with Crippen molar-refractivity contribution in [2.24, 2.45) is 0 Å². The maximum absolute atomic E-state index is 11.1. The summed E-state index contributed by atoms with van der Waals surface area (Å²) in [7, 11) is 1.48. The normalized spacial score (nSPS) is 10.3. The summed E-state index contributed by atoms with van der Waals surface area (Å²) in [4.78, 5) is 10.7. The Hall–Kier alpha value is -1.82. The predicted molar refractivity (Wildman–Crippen MR) is 77.4 cm³/mol. The molecule has 1 aromatic rings. The Kier molecular flexibility index (Phi) is 6.79.